The van der Waals surface area contributed by atoms with Crippen LogP contribution in [0.2, 0.25) is 0 Å². The van der Waals surface area contributed by atoms with Gasteiger partial charge in [0.1, 0.15) is 18.8 Å². The lowest BCUT2D eigenvalue weighted by Gasteiger charge is -2.07. The highest BCUT2D eigenvalue weighted by molar-refractivity contribution is 6.14. The minimum absolute atomic E-state index is 0.0614. The zero-order chi connectivity index (χ0) is 17.0. The van der Waals surface area contributed by atoms with Crippen LogP contribution in [0.4, 0.5) is 0 Å². The first kappa shape index (κ1) is 17.9. The number of rotatable bonds is 2. The third kappa shape index (κ3) is 6.36. The third-order valence-corrected chi connectivity index (χ3v) is 3.08. The van der Waals surface area contributed by atoms with Gasteiger partial charge in [-0.1, -0.05) is 42.5 Å². The molecule has 0 bridgehead atoms. The van der Waals surface area contributed by atoms with Crippen LogP contribution in [0.25, 0.3) is 6.08 Å². The molecule has 128 valence electrons. The number of cyclic esters (lactones) is 2. The van der Waals surface area contributed by atoms with Crippen LogP contribution in [-0.2, 0) is 28.5 Å². The molecule has 0 amide bonds. The fourth-order valence-corrected chi connectivity index (χ4v) is 1.90. The lowest BCUT2D eigenvalue weighted by molar-refractivity contribution is -0.148. The Kier molecular flexibility index (Phi) is 7.73. The van der Waals surface area contributed by atoms with Crippen molar-refractivity contribution in [3.63, 3.8) is 0 Å². The zero-order valence-corrected chi connectivity index (χ0v) is 13.3. The number of esters is 2. The average molecular weight is 332 g/mol. The molecule has 1 aliphatic heterocycles. The summed E-state index contributed by atoms with van der Waals surface area (Å²) in [4.78, 5) is 24.1. The highest BCUT2D eigenvalue weighted by atomic mass is 16.6. The average Bonchev–Trinajstić information content (AvgIpc) is 2.61. The van der Waals surface area contributed by atoms with Gasteiger partial charge < -0.3 is 18.9 Å². The number of carbonyl (C=O) groups excluding carboxylic acids is 2. The predicted octanol–water partition coefficient (Wildman–Crippen LogP) is 1.76. The summed E-state index contributed by atoms with van der Waals surface area (Å²) in [6.07, 6.45) is 4.78. The molecule has 6 heteroatoms. The van der Waals surface area contributed by atoms with Crippen LogP contribution in [0.15, 0.2) is 48.1 Å². The molecule has 0 atom stereocenters. The Labute approximate surface area is 140 Å². The molecule has 0 N–H and O–H groups in total. The van der Waals surface area contributed by atoms with E-state index in [9.17, 15) is 9.59 Å². The van der Waals surface area contributed by atoms with Crippen LogP contribution in [-0.4, -0.2) is 51.6 Å². The molecule has 1 saturated heterocycles. The summed E-state index contributed by atoms with van der Waals surface area (Å²) >= 11 is 0. The van der Waals surface area contributed by atoms with E-state index in [0.717, 1.165) is 5.56 Å². The second kappa shape index (κ2) is 10.4. The normalized spacial score (nSPS) is 18.1. The Morgan fingerprint density at radius 1 is 0.750 bits per heavy atom. The van der Waals surface area contributed by atoms with Gasteiger partial charge in [-0.15, -0.1) is 0 Å². The quantitative estimate of drug-likeness (QED) is 0.467. The van der Waals surface area contributed by atoms with Crippen LogP contribution in [0, 0.1) is 0 Å². The van der Waals surface area contributed by atoms with Crippen molar-refractivity contribution in [2.75, 3.05) is 39.6 Å². The molecule has 0 aliphatic carbocycles. The fourth-order valence-electron chi connectivity index (χ4n) is 1.90. The summed E-state index contributed by atoms with van der Waals surface area (Å²) in [6, 6.07) is 9.52. The van der Waals surface area contributed by atoms with Crippen molar-refractivity contribution in [3.05, 3.63) is 53.6 Å². The number of allylic oxidation sites excluding steroid dienone is 2. The van der Waals surface area contributed by atoms with Gasteiger partial charge in [-0.2, -0.15) is 0 Å². The second-order valence-electron chi connectivity index (χ2n) is 4.85. The summed E-state index contributed by atoms with van der Waals surface area (Å²) in [5, 5.41) is 0. The largest absolute Gasteiger partial charge is 0.459 e. The van der Waals surface area contributed by atoms with E-state index < -0.39 is 11.9 Å². The lowest BCUT2D eigenvalue weighted by Crippen LogP contribution is -2.20. The molecule has 1 fully saturated rings. The van der Waals surface area contributed by atoms with Gasteiger partial charge in [0.05, 0.1) is 26.4 Å². The van der Waals surface area contributed by atoms with Crippen molar-refractivity contribution in [2.45, 2.75) is 0 Å². The van der Waals surface area contributed by atoms with Gasteiger partial charge in [0.15, 0.2) is 0 Å². The minimum atomic E-state index is -0.735. The van der Waals surface area contributed by atoms with Crippen LogP contribution in [0.3, 0.4) is 0 Å². The molecule has 0 saturated carbocycles. The Morgan fingerprint density at radius 3 is 1.88 bits per heavy atom. The van der Waals surface area contributed by atoms with Crippen LogP contribution in [0.1, 0.15) is 5.56 Å². The smallest absolute Gasteiger partial charge is 0.345 e. The van der Waals surface area contributed by atoms with Crippen molar-refractivity contribution >= 4 is 18.0 Å². The van der Waals surface area contributed by atoms with Crippen molar-refractivity contribution < 1.29 is 28.5 Å². The van der Waals surface area contributed by atoms with Crippen LogP contribution < -0.4 is 0 Å². The summed E-state index contributed by atoms with van der Waals surface area (Å²) in [7, 11) is 0. The first-order valence-electron chi connectivity index (χ1n) is 7.70. The molecule has 24 heavy (non-hydrogen) atoms. The third-order valence-electron chi connectivity index (χ3n) is 3.08. The van der Waals surface area contributed by atoms with E-state index in [0.29, 0.717) is 13.2 Å². The Morgan fingerprint density at radius 2 is 1.29 bits per heavy atom. The Bertz CT molecular complexity index is 565. The Hall–Kier alpha value is -2.44. The topological polar surface area (TPSA) is 71.1 Å². The van der Waals surface area contributed by atoms with Gasteiger partial charge in [-0.25, -0.2) is 9.59 Å². The van der Waals surface area contributed by atoms with E-state index in [1.165, 1.54) is 6.08 Å². The molecule has 0 unspecified atom stereocenters. The first-order chi connectivity index (χ1) is 11.8. The molecule has 0 radical (unpaired) electrons. The molecule has 1 aromatic rings. The molecule has 6 nitrogen and oxygen atoms in total. The molecule has 1 aliphatic rings. The number of benzene rings is 1. The fraction of sp³-hybridized carbons (Fsp3) is 0.333. The van der Waals surface area contributed by atoms with Crippen molar-refractivity contribution in [3.8, 4) is 0 Å². The van der Waals surface area contributed by atoms with Gasteiger partial charge in [-0.05, 0) is 11.6 Å². The monoisotopic (exact) mass is 332 g/mol. The standard InChI is InChI=1S/C18H20O6/c19-17-16(8-4-7-15-5-2-1-3-6-15)18(20)24-14-12-22-10-9-21-11-13-23-17/h1-8H,9-14H2/b7-4+. The minimum Gasteiger partial charge on any atom is -0.459 e. The maximum absolute atomic E-state index is 12.1. The predicted molar refractivity (Wildman–Crippen MR) is 87.1 cm³/mol. The lowest BCUT2D eigenvalue weighted by atomic mass is 10.2. The highest BCUT2D eigenvalue weighted by Gasteiger charge is 2.21. The summed E-state index contributed by atoms with van der Waals surface area (Å²) in [5.41, 5.74) is 0.781. The first-order valence-corrected chi connectivity index (χ1v) is 7.70. The summed E-state index contributed by atoms with van der Waals surface area (Å²) in [6.45, 7) is 1.41. The van der Waals surface area contributed by atoms with Gasteiger partial charge in [0, 0.05) is 0 Å². The molecular weight excluding hydrogens is 312 g/mol. The summed E-state index contributed by atoms with van der Waals surface area (Å²) < 4.78 is 20.5. The second-order valence-corrected chi connectivity index (χ2v) is 4.85. The SMILES string of the molecule is O=C1OCCOCCOCCOC(=O)C1=C/C=C/c1ccccc1. The molecule has 2 rings (SSSR count). The number of hydrogen-bond donors (Lipinski definition) is 0. The summed E-state index contributed by atoms with van der Waals surface area (Å²) in [5.74, 6) is -1.47. The van der Waals surface area contributed by atoms with E-state index in [1.807, 2.05) is 30.3 Å². The van der Waals surface area contributed by atoms with E-state index in [1.54, 1.807) is 12.2 Å². The maximum Gasteiger partial charge on any atom is 0.345 e. The van der Waals surface area contributed by atoms with E-state index in [4.69, 9.17) is 18.9 Å². The van der Waals surface area contributed by atoms with Crippen molar-refractivity contribution in [2.24, 2.45) is 0 Å². The van der Waals surface area contributed by atoms with Gasteiger partial charge in [-0.3, -0.25) is 0 Å². The van der Waals surface area contributed by atoms with Crippen molar-refractivity contribution in [1.82, 2.24) is 0 Å². The van der Waals surface area contributed by atoms with Gasteiger partial charge in [0.25, 0.3) is 0 Å². The zero-order valence-electron chi connectivity index (χ0n) is 13.3. The van der Waals surface area contributed by atoms with Gasteiger partial charge >= 0.3 is 11.9 Å². The molecule has 1 aromatic carbocycles. The van der Waals surface area contributed by atoms with Crippen LogP contribution in [0.5, 0.6) is 0 Å². The van der Waals surface area contributed by atoms with Crippen LogP contribution >= 0.6 is 0 Å². The number of ether oxygens (including phenoxy) is 4. The number of carbonyl (C=O) groups is 2. The van der Waals surface area contributed by atoms with E-state index in [-0.39, 0.29) is 32.0 Å². The Balaban J connectivity index is 2.07. The molecule has 0 spiro atoms. The van der Waals surface area contributed by atoms with E-state index in [2.05, 4.69) is 0 Å². The highest BCUT2D eigenvalue weighted by Crippen LogP contribution is 2.06. The van der Waals surface area contributed by atoms with Gasteiger partial charge in [0.2, 0.25) is 0 Å². The maximum atomic E-state index is 12.1. The molecule has 1 heterocycles. The number of hydrogen-bond acceptors (Lipinski definition) is 6. The van der Waals surface area contributed by atoms with E-state index >= 15 is 0 Å². The molecule has 0 aromatic heterocycles. The van der Waals surface area contributed by atoms with Crippen molar-refractivity contribution in [1.29, 1.82) is 0 Å². The molecular formula is C18H20O6.